The van der Waals surface area contributed by atoms with E-state index in [9.17, 15) is 22.4 Å². The Kier molecular flexibility index (Phi) is 11.8. The number of benzene rings is 3. The van der Waals surface area contributed by atoms with E-state index in [1.165, 1.54) is 82.9 Å². The van der Waals surface area contributed by atoms with Crippen LogP contribution in [0.15, 0.2) is 65.6 Å². The van der Waals surface area contributed by atoms with Gasteiger partial charge in [0.1, 0.15) is 24.2 Å². The number of hydrogen-bond donors (Lipinski definition) is 1. The SMILES string of the molecule is CC[C@H](C)NC(=O)[C@H](C)N(Cc1ccccc1F)C(=O)CN(c1cc(Cl)ccc1OC)S(=O)(=O)c1ccc(OC)c(OC)c1. The first-order chi connectivity index (χ1) is 20.9. The lowest BCUT2D eigenvalue weighted by Crippen LogP contribution is -2.52. The smallest absolute Gasteiger partial charge is 0.265 e. The Morgan fingerprint density at radius 2 is 1.57 bits per heavy atom. The van der Waals surface area contributed by atoms with Crippen molar-refractivity contribution >= 4 is 39.1 Å². The molecule has 2 amide bonds. The summed E-state index contributed by atoms with van der Waals surface area (Å²) in [4.78, 5) is 28.2. The minimum atomic E-state index is -4.50. The molecule has 0 bridgehead atoms. The number of carbonyl (C=O) groups excluding carboxylic acids is 2. The quantitative estimate of drug-likeness (QED) is 0.261. The van der Waals surface area contributed by atoms with Crippen LogP contribution in [0.1, 0.15) is 32.8 Å². The van der Waals surface area contributed by atoms with E-state index in [1.807, 2.05) is 13.8 Å². The molecule has 0 radical (unpaired) electrons. The standard InChI is InChI=1S/C31H37ClFN3O7S/c1-7-20(2)34-31(38)21(3)35(18-22-10-8-9-11-25(22)33)30(37)19-36(26-16-23(32)12-14-27(26)41-4)44(39,40)24-13-15-28(42-5)29(17-24)43-6/h8-17,20-21H,7,18-19H2,1-6H3,(H,34,38)/t20-,21-/m0/s1. The summed E-state index contributed by atoms with van der Waals surface area (Å²) in [6, 6.07) is 12.9. The molecule has 0 aliphatic carbocycles. The molecule has 3 aromatic rings. The van der Waals surface area contributed by atoms with Crippen LogP contribution in [0, 0.1) is 5.82 Å². The van der Waals surface area contributed by atoms with E-state index in [0.717, 1.165) is 9.21 Å². The number of halogens is 2. The Balaban J connectivity index is 2.15. The molecule has 0 aromatic heterocycles. The Labute approximate surface area is 262 Å². The molecule has 3 aromatic carbocycles. The van der Waals surface area contributed by atoms with E-state index in [0.29, 0.717) is 12.2 Å². The van der Waals surface area contributed by atoms with Crippen LogP contribution in [0.3, 0.4) is 0 Å². The predicted octanol–water partition coefficient (Wildman–Crippen LogP) is 5.03. The van der Waals surface area contributed by atoms with Gasteiger partial charge in [0, 0.05) is 29.2 Å². The first-order valence-electron chi connectivity index (χ1n) is 13.8. The molecule has 10 nitrogen and oxygen atoms in total. The second-order valence-electron chi connectivity index (χ2n) is 9.95. The van der Waals surface area contributed by atoms with E-state index in [4.69, 9.17) is 25.8 Å². The normalized spacial score (nSPS) is 12.5. The molecule has 0 aliphatic rings. The second kappa shape index (κ2) is 15.1. The van der Waals surface area contributed by atoms with Crippen molar-refractivity contribution in [3.05, 3.63) is 77.1 Å². The van der Waals surface area contributed by atoms with Crippen LogP contribution in [0.2, 0.25) is 5.02 Å². The lowest BCUT2D eigenvalue weighted by atomic mass is 10.1. The van der Waals surface area contributed by atoms with Gasteiger partial charge in [-0.05, 0) is 56.7 Å². The van der Waals surface area contributed by atoms with Gasteiger partial charge >= 0.3 is 0 Å². The maximum atomic E-state index is 14.8. The van der Waals surface area contributed by atoms with E-state index in [1.54, 1.807) is 6.07 Å². The van der Waals surface area contributed by atoms with Crippen LogP contribution >= 0.6 is 11.6 Å². The van der Waals surface area contributed by atoms with E-state index < -0.39 is 40.2 Å². The Morgan fingerprint density at radius 1 is 0.932 bits per heavy atom. The third-order valence-electron chi connectivity index (χ3n) is 7.10. The molecule has 3 rings (SSSR count). The van der Waals surface area contributed by atoms with Crippen molar-refractivity contribution in [2.24, 2.45) is 0 Å². The first-order valence-corrected chi connectivity index (χ1v) is 15.6. The molecule has 0 heterocycles. The Hall–Kier alpha value is -4.03. The molecule has 0 saturated carbocycles. The lowest BCUT2D eigenvalue weighted by Gasteiger charge is -2.33. The number of sulfonamides is 1. The summed E-state index contributed by atoms with van der Waals surface area (Å²) in [5.74, 6) is -1.26. The Morgan fingerprint density at radius 3 is 2.18 bits per heavy atom. The predicted molar refractivity (Wildman–Crippen MR) is 166 cm³/mol. The fourth-order valence-corrected chi connectivity index (χ4v) is 5.93. The number of nitrogens with one attached hydrogen (secondary N) is 1. The molecular formula is C31H37ClFN3O7S. The highest BCUT2D eigenvalue weighted by atomic mass is 35.5. The average Bonchev–Trinajstić information content (AvgIpc) is 3.02. The number of rotatable bonds is 14. The Bertz CT molecular complexity index is 1590. The fourth-order valence-electron chi connectivity index (χ4n) is 4.33. The molecule has 0 spiro atoms. The van der Waals surface area contributed by atoms with Crippen molar-refractivity contribution in [2.45, 2.75) is 50.7 Å². The second-order valence-corrected chi connectivity index (χ2v) is 12.3. The molecule has 2 atom stereocenters. The molecule has 0 fully saturated rings. The highest BCUT2D eigenvalue weighted by Gasteiger charge is 2.35. The number of methoxy groups -OCH3 is 3. The average molecular weight is 650 g/mol. The first kappa shape index (κ1) is 34.5. The van der Waals surface area contributed by atoms with Crippen LogP contribution in [0.5, 0.6) is 17.2 Å². The summed E-state index contributed by atoms with van der Waals surface area (Å²) in [7, 11) is -0.377. The van der Waals surface area contributed by atoms with Crippen molar-refractivity contribution in [2.75, 3.05) is 32.2 Å². The number of nitrogens with zero attached hydrogens (tertiary/aromatic N) is 2. The van der Waals surface area contributed by atoms with E-state index in [-0.39, 0.29) is 45.3 Å². The largest absolute Gasteiger partial charge is 0.495 e. The summed E-state index contributed by atoms with van der Waals surface area (Å²) in [5, 5.41) is 3.02. The van der Waals surface area contributed by atoms with Gasteiger partial charge < -0.3 is 24.4 Å². The van der Waals surface area contributed by atoms with Gasteiger partial charge in [-0.3, -0.25) is 13.9 Å². The fraction of sp³-hybridized carbons (Fsp3) is 0.355. The minimum Gasteiger partial charge on any atom is -0.495 e. The summed E-state index contributed by atoms with van der Waals surface area (Å²) >= 11 is 6.28. The molecule has 238 valence electrons. The van der Waals surface area contributed by atoms with Gasteiger partial charge in [-0.15, -0.1) is 0 Å². The summed E-state index contributed by atoms with van der Waals surface area (Å²) < 4.78 is 60.1. The molecule has 44 heavy (non-hydrogen) atoms. The lowest BCUT2D eigenvalue weighted by molar-refractivity contribution is -0.139. The topological polar surface area (TPSA) is 114 Å². The number of carbonyl (C=O) groups is 2. The summed E-state index contributed by atoms with van der Waals surface area (Å²) in [6.07, 6.45) is 0.644. The zero-order valence-corrected chi connectivity index (χ0v) is 27.0. The highest BCUT2D eigenvalue weighted by Crippen LogP contribution is 2.37. The van der Waals surface area contributed by atoms with E-state index in [2.05, 4.69) is 5.32 Å². The van der Waals surface area contributed by atoms with Crippen LogP contribution in [-0.2, 0) is 26.2 Å². The van der Waals surface area contributed by atoms with Gasteiger partial charge in [0.15, 0.2) is 11.5 Å². The third kappa shape index (κ3) is 7.92. The zero-order valence-electron chi connectivity index (χ0n) is 25.5. The van der Waals surface area contributed by atoms with Crippen molar-refractivity contribution < 1.29 is 36.6 Å². The van der Waals surface area contributed by atoms with Gasteiger partial charge in [0.2, 0.25) is 11.8 Å². The number of anilines is 1. The molecule has 13 heteroatoms. The van der Waals surface area contributed by atoms with Crippen molar-refractivity contribution in [3.8, 4) is 17.2 Å². The molecular weight excluding hydrogens is 613 g/mol. The molecule has 0 aliphatic heterocycles. The molecule has 0 unspecified atom stereocenters. The van der Waals surface area contributed by atoms with Gasteiger partial charge in [-0.2, -0.15) is 0 Å². The number of amides is 2. The van der Waals surface area contributed by atoms with Crippen LogP contribution in [-0.4, -0.2) is 65.1 Å². The van der Waals surface area contributed by atoms with Crippen molar-refractivity contribution in [1.29, 1.82) is 0 Å². The van der Waals surface area contributed by atoms with Crippen molar-refractivity contribution in [1.82, 2.24) is 10.2 Å². The number of hydrogen-bond acceptors (Lipinski definition) is 7. The van der Waals surface area contributed by atoms with Crippen LogP contribution in [0.4, 0.5) is 10.1 Å². The van der Waals surface area contributed by atoms with Crippen LogP contribution in [0.25, 0.3) is 0 Å². The third-order valence-corrected chi connectivity index (χ3v) is 9.09. The van der Waals surface area contributed by atoms with Gasteiger partial charge in [0.05, 0.1) is 31.9 Å². The van der Waals surface area contributed by atoms with Crippen LogP contribution < -0.4 is 23.8 Å². The van der Waals surface area contributed by atoms with Gasteiger partial charge in [0.25, 0.3) is 10.0 Å². The van der Waals surface area contributed by atoms with Gasteiger partial charge in [-0.1, -0.05) is 36.7 Å². The van der Waals surface area contributed by atoms with Crippen molar-refractivity contribution in [3.63, 3.8) is 0 Å². The maximum absolute atomic E-state index is 14.8. The number of ether oxygens (including phenoxy) is 3. The minimum absolute atomic E-state index is 0.0225. The maximum Gasteiger partial charge on any atom is 0.265 e. The summed E-state index contributed by atoms with van der Waals surface area (Å²) in [5.41, 5.74) is 0.129. The highest BCUT2D eigenvalue weighted by molar-refractivity contribution is 7.92. The summed E-state index contributed by atoms with van der Waals surface area (Å²) in [6.45, 7) is 4.15. The van der Waals surface area contributed by atoms with Gasteiger partial charge in [-0.25, -0.2) is 12.8 Å². The molecule has 0 saturated heterocycles. The van der Waals surface area contributed by atoms with E-state index >= 15 is 0 Å². The zero-order chi connectivity index (χ0) is 32.6. The molecule has 1 N–H and O–H groups in total. The monoisotopic (exact) mass is 649 g/mol.